The van der Waals surface area contributed by atoms with E-state index in [-0.39, 0.29) is 5.91 Å². The van der Waals surface area contributed by atoms with Gasteiger partial charge in [0, 0.05) is 24.0 Å². The quantitative estimate of drug-likeness (QED) is 0.872. The highest BCUT2D eigenvalue weighted by Gasteiger charge is 2.22. The molecule has 3 aliphatic heterocycles. The molecule has 1 amide bonds. The third-order valence-corrected chi connectivity index (χ3v) is 3.52. The van der Waals surface area contributed by atoms with E-state index < -0.39 is 0 Å². The molecule has 0 bridgehead atoms. The normalized spacial score (nSPS) is 16.5. The Morgan fingerprint density at radius 1 is 1.35 bits per heavy atom. The van der Waals surface area contributed by atoms with Crippen molar-refractivity contribution in [3.05, 3.63) is 22.5 Å². The fourth-order valence-corrected chi connectivity index (χ4v) is 2.63. The van der Waals surface area contributed by atoms with Crippen LogP contribution >= 0.6 is 11.3 Å². The lowest BCUT2D eigenvalue weighted by atomic mass is 10.2. The van der Waals surface area contributed by atoms with Gasteiger partial charge in [-0.05, 0) is 24.3 Å². The fourth-order valence-electron chi connectivity index (χ4n) is 1.98. The maximum absolute atomic E-state index is 12.0. The van der Waals surface area contributed by atoms with Crippen LogP contribution in [0.1, 0.15) is 23.3 Å². The summed E-state index contributed by atoms with van der Waals surface area (Å²) in [4.78, 5) is 12.0. The van der Waals surface area contributed by atoms with Gasteiger partial charge in [0.2, 0.25) is 0 Å². The highest BCUT2D eigenvalue weighted by molar-refractivity contribution is 7.07. The van der Waals surface area contributed by atoms with Crippen molar-refractivity contribution in [3.63, 3.8) is 0 Å². The SMILES string of the molecule is O=C(NN1CCCC1)c1nnc2ccscc1-2. The van der Waals surface area contributed by atoms with Gasteiger partial charge in [-0.1, -0.05) is 0 Å². The molecular weight excluding hydrogens is 236 g/mol. The van der Waals surface area contributed by atoms with Gasteiger partial charge in [-0.2, -0.15) is 11.3 Å². The van der Waals surface area contributed by atoms with E-state index in [0.717, 1.165) is 37.2 Å². The lowest BCUT2D eigenvalue weighted by Crippen LogP contribution is -2.40. The molecule has 0 aromatic heterocycles. The second kappa shape index (κ2) is 4.38. The van der Waals surface area contributed by atoms with Gasteiger partial charge in [-0.25, -0.2) is 5.01 Å². The molecule has 1 saturated heterocycles. The van der Waals surface area contributed by atoms with E-state index in [1.807, 2.05) is 21.8 Å². The van der Waals surface area contributed by atoms with Gasteiger partial charge in [0.25, 0.3) is 5.91 Å². The van der Waals surface area contributed by atoms with Crippen LogP contribution in [0.15, 0.2) is 16.8 Å². The highest BCUT2D eigenvalue weighted by Crippen LogP contribution is 2.24. The van der Waals surface area contributed by atoms with E-state index in [4.69, 9.17) is 0 Å². The summed E-state index contributed by atoms with van der Waals surface area (Å²) in [5.74, 6) is -0.159. The first kappa shape index (κ1) is 10.6. The first-order chi connectivity index (χ1) is 8.34. The molecule has 0 spiro atoms. The molecule has 0 radical (unpaired) electrons. The third-order valence-electron chi connectivity index (χ3n) is 2.86. The number of nitrogens with zero attached hydrogens (tertiary/aromatic N) is 3. The summed E-state index contributed by atoms with van der Waals surface area (Å²) in [6.45, 7) is 1.83. The van der Waals surface area contributed by atoms with Crippen LogP contribution in [0.5, 0.6) is 0 Å². The van der Waals surface area contributed by atoms with Gasteiger partial charge in [0.1, 0.15) is 0 Å². The average Bonchev–Trinajstić information content (AvgIpc) is 2.96. The molecule has 0 aromatic rings. The molecule has 0 aromatic carbocycles. The minimum absolute atomic E-state index is 0.159. The monoisotopic (exact) mass is 248 g/mol. The van der Waals surface area contributed by atoms with E-state index in [9.17, 15) is 4.79 Å². The van der Waals surface area contributed by atoms with Crippen molar-refractivity contribution in [2.24, 2.45) is 0 Å². The average molecular weight is 248 g/mol. The van der Waals surface area contributed by atoms with Gasteiger partial charge in [-0.3, -0.25) is 10.2 Å². The predicted molar refractivity (Wildman–Crippen MR) is 64.8 cm³/mol. The van der Waals surface area contributed by atoms with Gasteiger partial charge >= 0.3 is 0 Å². The Morgan fingerprint density at radius 3 is 3.00 bits per heavy atom. The maximum atomic E-state index is 12.0. The first-order valence-corrected chi connectivity index (χ1v) is 6.53. The maximum Gasteiger partial charge on any atom is 0.286 e. The number of rotatable bonds is 2. The Labute approximate surface area is 103 Å². The van der Waals surface area contributed by atoms with E-state index in [2.05, 4.69) is 15.6 Å². The number of carbonyl (C=O) groups is 1. The number of hydrogen-bond donors (Lipinski definition) is 1. The molecule has 3 aliphatic rings. The largest absolute Gasteiger partial charge is 0.286 e. The molecule has 1 N–H and O–H groups in total. The van der Waals surface area contributed by atoms with Crippen LogP contribution in [0.25, 0.3) is 11.3 Å². The number of hydrogen-bond acceptors (Lipinski definition) is 5. The summed E-state index contributed by atoms with van der Waals surface area (Å²) in [6, 6.07) is 1.87. The molecule has 3 heterocycles. The first-order valence-electron chi connectivity index (χ1n) is 5.59. The minimum Gasteiger partial charge on any atom is -0.283 e. The van der Waals surface area contributed by atoms with Crippen molar-refractivity contribution in [1.29, 1.82) is 0 Å². The molecule has 1 fully saturated rings. The Morgan fingerprint density at radius 2 is 2.18 bits per heavy atom. The summed E-state index contributed by atoms with van der Waals surface area (Å²) in [6.07, 6.45) is 2.27. The Balaban J connectivity index is 1.81. The van der Waals surface area contributed by atoms with Crippen LogP contribution < -0.4 is 5.43 Å². The van der Waals surface area contributed by atoms with Crippen molar-refractivity contribution >= 4 is 17.2 Å². The van der Waals surface area contributed by atoms with E-state index >= 15 is 0 Å². The number of amides is 1. The third kappa shape index (κ3) is 2.01. The number of aromatic nitrogens is 2. The van der Waals surface area contributed by atoms with E-state index in [0.29, 0.717) is 5.69 Å². The zero-order valence-electron chi connectivity index (χ0n) is 9.22. The molecule has 17 heavy (non-hydrogen) atoms. The Bertz CT molecular complexity index is 506. The van der Waals surface area contributed by atoms with Crippen molar-refractivity contribution in [1.82, 2.24) is 20.6 Å². The van der Waals surface area contributed by atoms with Crippen LogP contribution in [-0.4, -0.2) is 34.2 Å². The number of hydrazine groups is 1. The van der Waals surface area contributed by atoms with Crippen molar-refractivity contribution in [3.8, 4) is 11.3 Å². The molecule has 3 rings (SSSR count). The zero-order valence-corrected chi connectivity index (χ0v) is 10.0. The van der Waals surface area contributed by atoms with Crippen LogP contribution in [-0.2, 0) is 0 Å². The summed E-state index contributed by atoms with van der Waals surface area (Å²) in [7, 11) is 0. The summed E-state index contributed by atoms with van der Waals surface area (Å²) in [5.41, 5.74) is 4.89. The number of nitrogens with one attached hydrogen (secondary N) is 1. The topological polar surface area (TPSA) is 58.1 Å². The zero-order chi connectivity index (χ0) is 11.7. The second-order valence-electron chi connectivity index (χ2n) is 4.04. The molecule has 5 nitrogen and oxygen atoms in total. The molecule has 0 unspecified atom stereocenters. The summed E-state index contributed by atoms with van der Waals surface area (Å²) >= 11 is 1.54. The van der Waals surface area contributed by atoms with Crippen molar-refractivity contribution in [2.45, 2.75) is 12.8 Å². The Hall–Kier alpha value is -1.53. The van der Waals surface area contributed by atoms with Crippen LogP contribution in [0.3, 0.4) is 0 Å². The molecule has 0 atom stereocenters. The molecule has 6 heteroatoms. The molecule has 0 saturated carbocycles. The summed E-state index contributed by atoms with van der Waals surface area (Å²) < 4.78 is 0. The molecular formula is C11H12N4OS. The lowest BCUT2D eigenvalue weighted by Gasteiger charge is -2.15. The molecule has 88 valence electrons. The van der Waals surface area contributed by atoms with Gasteiger partial charge in [0.15, 0.2) is 5.69 Å². The number of fused-ring (bicyclic) bond motifs is 1. The second-order valence-corrected chi connectivity index (χ2v) is 4.82. The predicted octanol–water partition coefficient (Wildman–Crippen LogP) is 1.38. The summed E-state index contributed by atoms with van der Waals surface area (Å²) in [5, 5.41) is 13.7. The van der Waals surface area contributed by atoms with Gasteiger partial charge < -0.3 is 0 Å². The van der Waals surface area contributed by atoms with Gasteiger partial charge in [-0.15, -0.1) is 10.2 Å². The molecule has 0 aliphatic carbocycles. The Kier molecular flexibility index (Phi) is 2.74. The minimum atomic E-state index is -0.159. The van der Waals surface area contributed by atoms with Crippen molar-refractivity contribution < 1.29 is 4.79 Å². The fraction of sp³-hybridized carbons (Fsp3) is 0.364. The van der Waals surface area contributed by atoms with Gasteiger partial charge in [0.05, 0.1) is 5.69 Å². The lowest BCUT2D eigenvalue weighted by molar-refractivity contribution is 0.0821. The van der Waals surface area contributed by atoms with E-state index in [1.54, 1.807) is 0 Å². The smallest absolute Gasteiger partial charge is 0.283 e. The van der Waals surface area contributed by atoms with E-state index in [1.165, 1.54) is 11.3 Å². The standard InChI is InChI=1S/C11H12N4OS/c16-11(14-15-4-1-2-5-15)10-8-7-17-6-3-9(8)12-13-10/h3,6-7H,1-2,4-5H2,(H,14,16). The van der Waals surface area contributed by atoms with Crippen molar-refractivity contribution in [2.75, 3.05) is 13.1 Å². The van der Waals surface area contributed by atoms with Crippen LogP contribution in [0.4, 0.5) is 0 Å². The number of carbonyl (C=O) groups excluding carboxylic acids is 1. The van der Waals surface area contributed by atoms with Crippen LogP contribution in [0.2, 0.25) is 0 Å². The highest BCUT2D eigenvalue weighted by atomic mass is 32.1. The van der Waals surface area contributed by atoms with Crippen LogP contribution in [0, 0.1) is 0 Å².